The van der Waals surface area contributed by atoms with E-state index in [1.54, 1.807) is 7.11 Å². The van der Waals surface area contributed by atoms with Gasteiger partial charge in [0.25, 0.3) is 0 Å². The minimum absolute atomic E-state index is 0.298. The van der Waals surface area contributed by atoms with Gasteiger partial charge in [-0.05, 0) is 38.2 Å². The summed E-state index contributed by atoms with van der Waals surface area (Å²) in [4.78, 5) is 6.64. The predicted molar refractivity (Wildman–Crippen MR) is 82.3 cm³/mol. The monoisotopic (exact) mass is 276 g/mol. The number of guanidine groups is 1. The van der Waals surface area contributed by atoms with E-state index in [0.717, 1.165) is 37.8 Å². The van der Waals surface area contributed by atoms with Crippen LogP contribution < -0.4 is 15.4 Å². The maximum atomic E-state index is 5.21. The number of nitrogens with zero attached hydrogens (tertiary/aromatic N) is 2. The zero-order valence-corrected chi connectivity index (χ0v) is 12.5. The third kappa shape index (κ3) is 3.87. The maximum absolute atomic E-state index is 5.21. The summed E-state index contributed by atoms with van der Waals surface area (Å²) >= 11 is 0. The molecule has 1 aromatic rings. The Morgan fingerprint density at radius 2 is 2.10 bits per heavy atom. The number of nitrogens with one attached hydrogen (secondary N) is 2. The number of hydrogen-bond acceptors (Lipinski definition) is 5. The van der Waals surface area contributed by atoms with Crippen LogP contribution in [0.4, 0.5) is 0 Å². The highest BCUT2D eigenvalue weighted by atomic mass is 16.5. The molecule has 0 fully saturated rings. The lowest BCUT2D eigenvalue weighted by molar-refractivity contribution is 0.297. The van der Waals surface area contributed by atoms with Crippen molar-refractivity contribution in [1.29, 1.82) is 0 Å². The molecule has 0 spiro atoms. The Labute approximate surface area is 121 Å². The lowest BCUT2D eigenvalue weighted by Crippen LogP contribution is -2.44. The largest absolute Gasteiger partial charge is 0.497 e. The molecule has 0 saturated carbocycles. The molecular formula is C15H24N4O. The number of ether oxygens (including phenoxy) is 1. The molecule has 5 nitrogen and oxygen atoms in total. The van der Waals surface area contributed by atoms with Crippen molar-refractivity contribution in [3.05, 3.63) is 29.8 Å². The van der Waals surface area contributed by atoms with Crippen molar-refractivity contribution in [1.82, 2.24) is 15.5 Å². The van der Waals surface area contributed by atoms with E-state index >= 15 is 0 Å². The third-order valence-electron chi connectivity index (χ3n) is 3.48. The van der Waals surface area contributed by atoms with Gasteiger partial charge in [-0.2, -0.15) is 0 Å². The number of likely N-dealkylation sites (N-methyl/N-ethyl adjacent to an activating group) is 1. The zero-order valence-electron chi connectivity index (χ0n) is 12.5. The molecule has 20 heavy (non-hydrogen) atoms. The molecule has 0 aromatic heterocycles. The zero-order chi connectivity index (χ0) is 14.4. The smallest absolute Gasteiger partial charge is 0.191 e. The second-order valence-electron chi connectivity index (χ2n) is 5.14. The standard InChI is InChI=1S/C15H24N4O/c1-19(2)14(11-18-15-16-9-4-10-17-15)12-5-7-13(20-3)8-6-12/h5-8,14H,4,9-11H2,1-3H3,(H2,16,17,18). The molecule has 1 heterocycles. The molecule has 0 aliphatic carbocycles. The fourth-order valence-electron chi connectivity index (χ4n) is 2.27. The lowest BCUT2D eigenvalue weighted by atomic mass is 10.1. The van der Waals surface area contributed by atoms with Crippen molar-refractivity contribution >= 4 is 5.96 Å². The molecule has 0 saturated heterocycles. The first-order chi connectivity index (χ1) is 9.70. The summed E-state index contributed by atoms with van der Waals surface area (Å²) in [6.45, 7) is 2.73. The van der Waals surface area contributed by atoms with Gasteiger partial charge in [-0.15, -0.1) is 0 Å². The summed E-state index contributed by atoms with van der Waals surface area (Å²) in [7, 11) is 5.87. The van der Waals surface area contributed by atoms with Crippen LogP contribution in [-0.4, -0.2) is 51.7 Å². The highest BCUT2D eigenvalue weighted by molar-refractivity contribution is 5.80. The van der Waals surface area contributed by atoms with E-state index in [1.807, 2.05) is 12.1 Å². The van der Waals surface area contributed by atoms with Gasteiger partial charge in [-0.1, -0.05) is 12.1 Å². The van der Waals surface area contributed by atoms with Crippen LogP contribution in [0.1, 0.15) is 18.0 Å². The number of benzene rings is 1. The Hall–Kier alpha value is -1.75. The summed E-state index contributed by atoms with van der Waals surface area (Å²) in [5.41, 5.74) is 1.26. The van der Waals surface area contributed by atoms with Crippen molar-refractivity contribution in [2.24, 2.45) is 4.99 Å². The Balaban J connectivity index is 2.00. The number of rotatable bonds is 5. The highest BCUT2D eigenvalue weighted by Crippen LogP contribution is 2.20. The number of hydrogen-bond donors (Lipinski definition) is 2. The van der Waals surface area contributed by atoms with Gasteiger partial charge in [0.15, 0.2) is 5.96 Å². The summed E-state index contributed by atoms with van der Waals surface area (Å²) in [5, 5.41) is 6.68. The van der Waals surface area contributed by atoms with Crippen LogP contribution in [0.2, 0.25) is 0 Å². The van der Waals surface area contributed by atoms with Crippen molar-refractivity contribution < 1.29 is 4.74 Å². The SMILES string of the molecule is COc1ccc(C(CNC2=NCCCN2)N(C)C)cc1. The van der Waals surface area contributed by atoms with Gasteiger partial charge in [0, 0.05) is 19.6 Å². The van der Waals surface area contributed by atoms with Crippen LogP contribution in [0, 0.1) is 0 Å². The minimum Gasteiger partial charge on any atom is -0.497 e. The first-order valence-electron chi connectivity index (χ1n) is 7.03. The minimum atomic E-state index is 0.298. The summed E-state index contributed by atoms with van der Waals surface area (Å²) in [6.07, 6.45) is 1.11. The maximum Gasteiger partial charge on any atom is 0.191 e. The Bertz CT molecular complexity index is 442. The molecule has 1 atom stereocenters. The molecule has 2 N–H and O–H groups in total. The molecule has 0 amide bonds. The fraction of sp³-hybridized carbons (Fsp3) is 0.533. The van der Waals surface area contributed by atoms with Gasteiger partial charge < -0.3 is 20.3 Å². The van der Waals surface area contributed by atoms with Crippen LogP contribution in [-0.2, 0) is 0 Å². The normalized spacial score (nSPS) is 16.3. The second-order valence-corrected chi connectivity index (χ2v) is 5.14. The highest BCUT2D eigenvalue weighted by Gasteiger charge is 2.15. The van der Waals surface area contributed by atoms with Crippen molar-refractivity contribution in [3.8, 4) is 5.75 Å². The van der Waals surface area contributed by atoms with E-state index in [1.165, 1.54) is 5.56 Å². The van der Waals surface area contributed by atoms with E-state index in [-0.39, 0.29) is 0 Å². The Kier molecular flexibility index (Phi) is 5.24. The van der Waals surface area contributed by atoms with Crippen molar-refractivity contribution in [2.75, 3.05) is 40.8 Å². The lowest BCUT2D eigenvalue weighted by Gasteiger charge is -2.27. The van der Waals surface area contributed by atoms with E-state index in [2.05, 4.69) is 46.8 Å². The Morgan fingerprint density at radius 3 is 2.65 bits per heavy atom. The van der Waals surface area contributed by atoms with Crippen LogP contribution in [0.15, 0.2) is 29.3 Å². The van der Waals surface area contributed by atoms with E-state index in [4.69, 9.17) is 4.74 Å². The van der Waals surface area contributed by atoms with Gasteiger partial charge in [-0.25, -0.2) is 0 Å². The second kappa shape index (κ2) is 7.14. The molecular weight excluding hydrogens is 252 g/mol. The van der Waals surface area contributed by atoms with Crippen LogP contribution >= 0.6 is 0 Å². The van der Waals surface area contributed by atoms with E-state index in [0.29, 0.717) is 6.04 Å². The van der Waals surface area contributed by atoms with Crippen molar-refractivity contribution in [3.63, 3.8) is 0 Å². The molecule has 2 rings (SSSR count). The quantitative estimate of drug-likeness (QED) is 0.849. The van der Waals surface area contributed by atoms with Gasteiger partial charge in [0.1, 0.15) is 5.75 Å². The van der Waals surface area contributed by atoms with Crippen LogP contribution in [0.3, 0.4) is 0 Å². The van der Waals surface area contributed by atoms with Gasteiger partial charge >= 0.3 is 0 Å². The van der Waals surface area contributed by atoms with E-state index in [9.17, 15) is 0 Å². The topological polar surface area (TPSA) is 48.9 Å². The molecule has 0 bridgehead atoms. The average molecular weight is 276 g/mol. The molecule has 1 aromatic carbocycles. The van der Waals surface area contributed by atoms with Crippen molar-refractivity contribution in [2.45, 2.75) is 12.5 Å². The fourth-order valence-corrected chi connectivity index (χ4v) is 2.27. The number of aliphatic imine (C=N–C) groups is 1. The van der Waals surface area contributed by atoms with Crippen LogP contribution in [0.5, 0.6) is 5.75 Å². The first kappa shape index (κ1) is 14.7. The summed E-state index contributed by atoms with van der Waals surface area (Å²) < 4.78 is 5.21. The molecule has 1 aliphatic rings. The molecule has 110 valence electrons. The summed E-state index contributed by atoms with van der Waals surface area (Å²) in [6, 6.07) is 8.53. The first-order valence-corrected chi connectivity index (χ1v) is 7.03. The predicted octanol–water partition coefficient (Wildman–Crippen LogP) is 1.24. The third-order valence-corrected chi connectivity index (χ3v) is 3.48. The molecule has 1 aliphatic heterocycles. The summed E-state index contributed by atoms with van der Waals surface area (Å²) in [5.74, 6) is 1.80. The van der Waals surface area contributed by atoms with E-state index < -0.39 is 0 Å². The average Bonchev–Trinajstić information content (AvgIpc) is 2.49. The van der Waals surface area contributed by atoms with Gasteiger partial charge in [0.05, 0.1) is 13.2 Å². The number of methoxy groups -OCH3 is 1. The molecule has 1 unspecified atom stereocenters. The molecule has 0 radical (unpaired) electrons. The van der Waals surface area contributed by atoms with Gasteiger partial charge in [0.2, 0.25) is 0 Å². The van der Waals surface area contributed by atoms with Crippen LogP contribution in [0.25, 0.3) is 0 Å². The molecule has 5 heteroatoms. The Morgan fingerprint density at radius 1 is 1.35 bits per heavy atom. The van der Waals surface area contributed by atoms with Gasteiger partial charge in [-0.3, -0.25) is 4.99 Å².